The Morgan fingerprint density at radius 2 is 1.94 bits per heavy atom. The van der Waals surface area contributed by atoms with Crippen LogP contribution in [0.25, 0.3) is 0 Å². The minimum absolute atomic E-state index is 0.0975. The average Bonchev–Trinajstić information content (AvgIpc) is 2.26. The predicted molar refractivity (Wildman–Crippen MR) is 68.5 cm³/mol. The zero-order valence-corrected chi connectivity index (χ0v) is 10.1. The van der Waals surface area contributed by atoms with Crippen LogP contribution < -0.4 is 10.6 Å². The first-order valence-corrected chi connectivity index (χ1v) is 5.78. The number of nitrogens with zero attached hydrogens (tertiary/aromatic N) is 1. The number of hydrogen-bond acceptors (Lipinski definition) is 4. The van der Waals surface area contributed by atoms with E-state index in [-0.39, 0.29) is 16.1 Å². The number of nitro benzene ring substituents is 1. The number of nitro groups is 1. The summed E-state index contributed by atoms with van der Waals surface area (Å²) in [6.45, 7) is 2.15. The second kappa shape index (κ2) is 4.24. The van der Waals surface area contributed by atoms with E-state index in [2.05, 4.69) is 17.6 Å². The topological polar surface area (TPSA) is 67.2 Å². The van der Waals surface area contributed by atoms with Gasteiger partial charge in [0, 0.05) is 36.1 Å². The molecule has 2 N–H and O–H groups in total. The third-order valence-electron chi connectivity index (χ3n) is 3.32. The van der Waals surface area contributed by atoms with Crippen LogP contribution in [0.2, 0.25) is 0 Å². The van der Waals surface area contributed by atoms with Gasteiger partial charge < -0.3 is 10.6 Å². The van der Waals surface area contributed by atoms with E-state index in [1.807, 2.05) is 6.07 Å². The van der Waals surface area contributed by atoms with Gasteiger partial charge in [-0.3, -0.25) is 10.1 Å². The Bertz CT molecular complexity index is 441. The van der Waals surface area contributed by atoms with Crippen LogP contribution in [-0.2, 0) is 0 Å². The van der Waals surface area contributed by atoms with Gasteiger partial charge in [0.1, 0.15) is 0 Å². The summed E-state index contributed by atoms with van der Waals surface area (Å²) < 4.78 is 0. The molecule has 0 aliphatic heterocycles. The minimum atomic E-state index is -0.366. The molecule has 0 aromatic heterocycles. The molecule has 0 radical (unpaired) electrons. The predicted octanol–water partition coefficient (Wildman–Crippen LogP) is 2.99. The van der Waals surface area contributed by atoms with Gasteiger partial charge in [-0.2, -0.15) is 0 Å². The molecule has 2 rings (SSSR count). The number of anilines is 2. The van der Waals surface area contributed by atoms with Gasteiger partial charge in [-0.05, 0) is 32.3 Å². The van der Waals surface area contributed by atoms with Crippen molar-refractivity contribution in [3.8, 4) is 0 Å². The number of benzene rings is 1. The van der Waals surface area contributed by atoms with Crippen molar-refractivity contribution in [1.29, 1.82) is 0 Å². The van der Waals surface area contributed by atoms with E-state index >= 15 is 0 Å². The summed E-state index contributed by atoms with van der Waals surface area (Å²) in [5.41, 5.74) is 1.78. The van der Waals surface area contributed by atoms with Crippen molar-refractivity contribution in [2.45, 2.75) is 31.7 Å². The lowest BCUT2D eigenvalue weighted by molar-refractivity contribution is -0.384. The number of rotatable bonds is 4. The van der Waals surface area contributed by atoms with Crippen LogP contribution in [0.5, 0.6) is 0 Å². The molecule has 0 atom stereocenters. The van der Waals surface area contributed by atoms with E-state index < -0.39 is 0 Å². The fourth-order valence-corrected chi connectivity index (χ4v) is 2.11. The fraction of sp³-hybridized carbons (Fsp3) is 0.500. The quantitative estimate of drug-likeness (QED) is 0.622. The lowest BCUT2D eigenvalue weighted by atomic mass is 9.78. The molecule has 5 nitrogen and oxygen atoms in total. The van der Waals surface area contributed by atoms with Gasteiger partial charge in [0.05, 0.1) is 4.92 Å². The second-order valence-corrected chi connectivity index (χ2v) is 4.81. The normalized spacial score (nSPS) is 17.1. The molecule has 92 valence electrons. The van der Waals surface area contributed by atoms with Crippen molar-refractivity contribution in [2.24, 2.45) is 0 Å². The molecule has 1 aromatic rings. The number of hydrogen-bond donors (Lipinski definition) is 2. The summed E-state index contributed by atoms with van der Waals surface area (Å²) in [4.78, 5) is 10.5. The smallest absolute Gasteiger partial charge is 0.273 e. The second-order valence-electron chi connectivity index (χ2n) is 4.81. The summed E-state index contributed by atoms with van der Waals surface area (Å²) >= 11 is 0. The molecule has 1 aliphatic carbocycles. The zero-order chi connectivity index (χ0) is 12.5. The van der Waals surface area contributed by atoms with Gasteiger partial charge in [-0.15, -0.1) is 0 Å². The number of nitrogens with one attached hydrogen (secondary N) is 2. The van der Waals surface area contributed by atoms with Crippen LogP contribution in [0.4, 0.5) is 17.1 Å². The molecule has 0 saturated heterocycles. The Morgan fingerprint density at radius 1 is 1.29 bits per heavy atom. The van der Waals surface area contributed by atoms with Crippen LogP contribution >= 0.6 is 0 Å². The van der Waals surface area contributed by atoms with E-state index in [4.69, 9.17) is 0 Å². The SMILES string of the molecule is CNc1cc(NC2(C)CCC2)cc([N+](=O)[O-])c1. The maximum Gasteiger partial charge on any atom is 0.273 e. The molecular weight excluding hydrogens is 218 g/mol. The zero-order valence-electron chi connectivity index (χ0n) is 10.1. The van der Waals surface area contributed by atoms with Gasteiger partial charge in [0.15, 0.2) is 0 Å². The van der Waals surface area contributed by atoms with E-state index in [9.17, 15) is 10.1 Å². The molecule has 5 heteroatoms. The standard InChI is InChI=1S/C12H17N3O2/c1-12(4-3-5-12)14-10-6-9(13-2)7-11(8-10)15(16)17/h6-8,13-14H,3-5H2,1-2H3. The lowest BCUT2D eigenvalue weighted by Crippen LogP contribution is -2.41. The Kier molecular flexibility index (Phi) is 2.92. The molecule has 0 amide bonds. The van der Waals surface area contributed by atoms with Crippen molar-refractivity contribution >= 4 is 17.1 Å². The highest BCUT2D eigenvalue weighted by molar-refractivity contribution is 5.64. The van der Waals surface area contributed by atoms with Gasteiger partial charge in [-0.1, -0.05) is 0 Å². The summed E-state index contributed by atoms with van der Waals surface area (Å²) in [5, 5.41) is 17.1. The molecule has 1 aromatic carbocycles. The van der Waals surface area contributed by atoms with E-state index in [1.165, 1.54) is 12.5 Å². The molecular formula is C12H17N3O2. The largest absolute Gasteiger partial charge is 0.388 e. The van der Waals surface area contributed by atoms with E-state index in [0.717, 1.165) is 24.2 Å². The summed E-state index contributed by atoms with van der Waals surface area (Å²) in [7, 11) is 1.76. The molecule has 0 spiro atoms. The van der Waals surface area contributed by atoms with Gasteiger partial charge in [0.25, 0.3) is 5.69 Å². The minimum Gasteiger partial charge on any atom is -0.388 e. The first-order valence-electron chi connectivity index (χ1n) is 5.78. The van der Waals surface area contributed by atoms with Gasteiger partial charge in [-0.25, -0.2) is 0 Å². The Morgan fingerprint density at radius 3 is 2.41 bits per heavy atom. The maximum atomic E-state index is 10.8. The summed E-state index contributed by atoms with van der Waals surface area (Å²) in [6.07, 6.45) is 3.45. The molecule has 0 bridgehead atoms. The lowest BCUT2D eigenvalue weighted by Gasteiger charge is -2.40. The van der Waals surface area contributed by atoms with Crippen molar-refractivity contribution in [3.63, 3.8) is 0 Å². The molecule has 0 unspecified atom stereocenters. The van der Waals surface area contributed by atoms with Crippen LogP contribution in [0.1, 0.15) is 26.2 Å². The summed E-state index contributed by atoms with van der Waals surface area (Å²) in [5.74, 6) is 0. The number of non-ortho nitro benzene ring substituents is 1. The van der Waals surface area contributed by atoms with Crippen molar-refractivity contribution in [1.82, 2.24) is 0 Å². The average molecular weight is 235 g/mol. The van der Waals surface area contributed by atoms with E-state index in [0.29, 0.717) is 0 Å². The molecule has 1 saturated carbocycles. The Labute approximate surface area is 100 Å². The highest BCUT2D eigenvalue weighted by Crippen LogP contribution is 2.36. The van der Waals surface area contributed by atoms with Crippen LogP contribution in [0.15, 0.2) is 18.2 Å². The molecule has 17 heavy (non-hydrogen) atoms. The van der Waals surface area contributed by atoms with Crippen molar-refractivity contribution in [2.75, 3.05) is 17.7 Å². The highest BCUT2D eigenvalue weighted by Gasteiger charge is 2.31. The Balaban J connectivity index is 2.26. The highest BCUT2D eigenvalue weighted by atomic mass is 16.6. The maximum absolute atomic E-state index is 10.8. The third-order valence-corrected chi connectivity index (χ3v) is 3.32. The first-order chi connectivity index (χ1) is 8.02. The van der Waals surface area contributed by atoms with Crippen LogP contribution in [0, 0.1) is 10.1 Å². The molecule has 1 aliphatic rings. The van der Waals surface area contributed by atoms with E-state index in [1.54, 1.807) is 13.1 Å². The third kappa shape index (κ3) is 2.49. The first kappa shape index (κ1) is 11.7. The summed E-state index contributed by atoms with van der Waals surface area (Å²) in [6, 6.07) is 5.02. The molecule has 0 heterocycles. The van der Waals surface area contributed by atoms with Crippen LogP contribution in [-0.4, -0.2) is 17.5 Å². The van der Waals surface area contributed by atoms with Crippen LogP contribution in [0.3, 0.4) is 0 Å². The van der Waals surface area contributed by atoms with Gasteiger partial charge >= 0.3 is 0 Å². The monoisotopic (exact) mass is 235 g/mol. The van der Waals surface area contributed by atoms with Crippen molar-refractivity contribution in [3.05, 3.63) is 28.3 Å². The molecule has 1 fully saturated rings. The fourth-order valence-electron chi connectivity index (χ4n) is 2.11. The Hall–Kier alpha value is -1.78. The van der Waals surface area contributed by atoms with Gasteiger partial charge in [0.2, 0.25) is 0 Å². The van der Waals surface area contributed by atoms with Crippen molar-refractivity contribution < 1.29 is 4.92 Å².